The molecule has 0 unspecified atom stereocenters. The van der Waals surface area contributed by atoms with Crippen LogP contribution >= 0.6 is 0 Å². The zero-order chi connectivity index (χ0) is 12.8. The van der Waals surface area contributed by atoms with Crippen LogP contribution < -0.4 is 0 Å². The zero-order valence-corrected chi connectivity index (χ0v) is 11.1. The number of aliphatic hydroxyl groups excluding tert-OH is 1. The molecule has 0 aromatic carbocycles. The Hall–Kier alpha value is -0.610. The molecule has 1 amide bonds. The van der Waals surface area contributed by atoms with Gasteiger partial charge in [0.25, 0.3) is 0 Å². The highest BCUT2D eigenvalue weighted by Crippen LogP contribution is 2.21. The molecule has 1 N–H and O–H groups in total. The maximum absolute atomic E-state index is 10.8. The molecule has 0 aliphatic rings. The molecule has 0 atom stereocenters. The second-order valence-corrected chi connectivity index (χ2v) is 5.88. The highest BCUT2D eigenvalue weighted by molar-refractivity contribution is 5.44. The number of carbonyl (C=O) groups is 1. The monoisotopic (exact) mass is 231 g/mol. The molecule has 4 heteroatoms. The first-order valence-electron chi connectivity index (χ1n) is 5.72. The van der Waals surface area contributed by atoms with Crippen LogP contribution in [0.2, 0.25) is 0 Å². The lowest BCUT2D eigenvalue weighted by molar-refractivity contribution is -0.216. The summed E-state index contributed by atoms with van der Waals surface area (Å²) < 4.78 is 0. The number of amides is 1. The Labute approximate surface area is 98.5 Å². The molecular weight excluding hydrogens is 206 g/mol. The van der Waals surface area contributed by atoms with Crippen LogP contribution in [0.25, 0.3) is 0 Å². The molecule has 16 heavy (non-hydrogen) atoms. The first-order valence-corrected chi connectivity index (χ1v) is 5.72. The Balaban J connectivity index is 3.93. The number of aliphatic hydroxyl groups is 1. The molecule has 0 fully saturated rings. The molecule has 0 aliphatic heterocycles. The molecule has 0 rings (SSSR count). The Bertz CT molecular complexity index is 209. The number of hydroxylamine groups is 2. The molecular formula is C12H25NO3. The lowest BCUT2D eigenvalue weighted by Crippen LogP contribution is -2.34. The molecule has 0 spiro atoms. The summed E-state index contributed by atoms with van der Waals surface area (Å²) >= 11 is 0. The quantitative estimate of drug-likeness (QED) is 0.538. The van der Waals surface area contributed by atoms with Crippen LogP contribution in [0.5, 0.6) is 0 Å². The van der Waals surface area contributed by atoms with E-state index in [4.69, 9.17) is 9.94 Å². The Morgan fingerprint density at radius 3 is 2.19 bits per heavy atom. The average molecular weight is 231 g/mol. The summed E-state index contributed by atoms with van der Waals surface area (Å²) in [7, 11) is 0. The molecule has 0 radical (unpaired) electrons. The fraction of sp³-hybridized carbons (Fsp3) is 0.917. The Morgan fingerprint density at radius 2 is 1.81 bits per heavy atom. The van der Waals surface area contributed by atoms with Gasteiger partial charge in [-0.1, -0.05) is 13.8 Å². The SMILES string of the molecule is CC(C)(CO)CCCN(C=O)OC(C)(C)C. The van der Waals surface area contributed by atoms with Crippen molar-refractivity contribution in [3.05, 3.63) is 0 Å². The summed E-state index contributed by atoms with van der Waals surface area (Å²) in [6, 6.07) is 0. The largest absolute Gasteiger partial charge is 0.396 e. The third-order valence-electron chi connectivity index (χ3n) is 2.17. The van der Waals surface area contributed by atoms with Crippen molar-refractivity contribution in [2.75, 3.05) is 13.2 Å². The van der Waals surface area contributed by atoms with Crippen molar-refractivity contribution in [1.82, 2.24) is 5.06 Å². The Morgan fingerprint density at radius 1 is 1.25 bits per heavy atom. The first-order chi connectivity index (χ1) is 7.20. The molecule has 0 aliphatic carbocycles. The number of carbonyl (C=O) groups excluding carboxylic acids is 1. The van der Waals surface area contributed by atoms with Gasteiger partial charge in [0.15, 0.2) is 0 Å². The molecule has 0 aromatic rings. The standard InChI is InChI=1S/C12H25NO3/c1-11(2,3)16-13(10-15)8-6-7-12(4,5)9-14/h10,14H,6-9H2,1-5H3. The van der Waals surface area contributed by atoms with Gasteiger partial charge in [-0.15, -0.1) is 0 Å². The molecule has 0 saturated heterocycles. The lowest BCUT2D eigenvalue weighted by Gasteiger charge is -2.28. The van der Waals surface area contributed by atoms with Crippen molar-refractivity contribution in [2.45, 2.75) is 53.1 Å². The number of hydrogen-bond acceptors (Lipinski definition) is 3. The molecule has 0 bridgehead atoms. The smallest absolute Gasteiger partial charge is 0.233 e. The van der Waals surface area contributed by atoms with Crippen LogP contribution in [0.15, 0.2) is 0 Å². The summed E-state index contributed by atoms with van der Waals surface area (Å²) in [5.41, 5.74) is -0.441. The predicted molar refractivity (Wildman–Crippen MR) is 63.7 cm³/mol. The van der Waals surface area contributed by atoms with Gasteiger partial charge in [-0.2, -0.15) is 0 Å². The number of nitrogens with zero attached hydrogens (tertiary/aromatic N) is 1. The van der Waals surface area contributed by atoms with Gasteiger partial charge in [-0.3, -0.25) is 9.63 Å². The molecule has 0 saturated carbocycles. The van der Waals surface area contributed by atoms with Gasteiger partial charge in [0.05, 0.1) is 5.60 Å². The fourth-order valence-electron chi connectivity index (χ4n) is 1.26. The first kappa shape index (κ1) is 15.4. The normalized spacial score (nSPS) is 12.6. The van der Waals surface area contributed by atoms with E-state index in [1.807, 2.05) is 34.6 Å². The minimum atomic E-state index is -0.354. The van der Waals surface area contributed by atoms with Crippen LogP contribution in [-0.2, 0) is 9.63 Å². The van der Waals surface area contributed by atoms with E-state index in [9.17, 15) is 4.79 Å². The third kappa shape index (κ3) is 7.65. The van der Waals surface area contributed by atoms with Crippen molar-refractivity contribution >= 4 is 6.41 Å². The van der Waals surface area contributed by atoms with Crippen molar-refractivity contribution in [2.24, 2.45) is 5.41 Å². The van der Waals surface area contributed by atoms with Crippen LogP contribution in [0.1, 0.15) is 47.5 Å². The van der Waals surface area contributed by atoms with E-state index in [2.05, 4.69) is 0 Å². The van der Waals surface area contributed by atoms with Crippen molar-refractivity contribution in [1.29, 1.82) is 0 Å². The van der Waals surface area contributed by atoms with Gasteiger partial charge >= 0.3 is 0 Å². The number of rotatable bonds is 7. The summed E-state index contributed by atoms with van der Waals surface area (Å²) in [5.74, 6) is 0. The summed E-state index contributed by atoms with van der Waals surface area (Å²) in [4.78, 5) is 16.2. The molecule has 0 heterocycles. The summed E-state index contributed by atoms with van der Waals surface area (Å²) in [6.45, 7) is 10.4. The van der Waals surface area contributed by atoms with Crippen molar-refractivity contribution in [3.63, 3.8) is 0 Å². The number of hydrogen-bond donors (Lipinski definition) is 1. The van der Waals surface area contributed by atoms with Crippen molar-refractivity contribution < 1.29 is 14.7 Å². The minimum Gasteiger partial charge on any atom is -0.396 e. The lowest BCUT2D eigenvalue weighted by atomic mass is 9.89. The van der Waals surface area contributed by atoms with E-state index in [1.165, 1.54) is 5.06 Å². The molecule has 96 valence electrons. The zero-order valence-electron chi connectivity index (χ0n) is 11.1. The highest BCUT2D eigenvalue weighted by Gasteiger charge is 2.19. The highest BCUT2D eigenvalue weighted by atomic mass is 16.7. The minimum absolute atomic E-state index is 0.0870. The Kier molecular flexibility index (Phi) is 5.97. The van der Waals surface area contributed by atoms with Crippen LogP contribution in [-0.4, -0.2) is 35.3 Å². The van der Waals surface area contributed by atoms with Crippen LogP contribution in [0.4, 0.5) is 0 Å². The van der Waals surface area contributed by atoms with E-state index in [1.54, 1.807) is 0 Å². The maximum atomic E-state index is 10.8. The van der Waals surface area contributed by atoms with E-state index in [0.717, 1.165) is 12.8 Å². The summed E-state index contributed by atoms with van der Waals surface area (Å²) in [5, 5.41) is 10.4. The van der Waals surface area contributed by atoms with E-state index >= 15 is 0 Å². The van der Waals surface area contributed by atoms with Gasteiger partial charge < -0.3 is 5.11 Å². The third-order valence-corrected chi connectivity index (χ3v) is 2.17. The van der Waals surface area contributed by atoms with E-state index in [-0.39, 0.29) is 17.6 Å². The van der Waals surface area contributed by atoms with Gasteiger partial charge in [0.1, 0.15) is 0 Å². The van der Waals surface area contributed by atoms with Crippen LogP contribution in [0, 0.1) is 5.41 Å². The van der Waals surface area contributed by atoms with Gasteiger partial charge in [-0.05, 0) is 39.0 Å². The van der Waals surface area contributed by atoms with Gasteiger partial charge in [0.2, 0.25) is 6.41 Å². The van der Waals surface area contributed by atoms with E-state index < -0.39 is 0 Å². The second-order valence-electron chi connectivity index (χ2n) is 5.88. The summed E-state index contributed by atoms with van der Waals surface area (Å²) in [6.07, 6.45) is 2.39. The predicted octanol–water partition coefficient (Wildman–Crippen LogP) is 1.97. The molecule has 4 nitrogen and oxygen atoms in total. The van der Waals surface area contributed by atoms with Crippen molar-refractivity contribution in [3.8, 4) is 0 Å². The molecule has 0 aromatic heterocycles. The topological polar surface area (TPSA) is 49.8 Å². The fourth-order valence-corrected chi connectivity index (χ4v) is 1.26. The maximum Gasteiger partial charge on any atom is 0.233 e. The second kappa shape index (κ2) is 6.21. The van der Waals surface area contributed by atoms with Crippen LogP contribution in [0.3, 0.4) is 0 Å². The van der Waals surface area contributed by atoms with Gasteiger partial charge in [0, 0.05) is 13.2 Å². The van der Waals surface area contributed by atoms with E-state index in [0.29, 0.717) is 13.0 Å². The average Bonchev–Trinajstić information content (AvgIpc) is 2.14. The van der Waals surface area contributed by atoms with Gasteiger partial charge in [-0.25, -0.2) is 5.06 Å².